The summed E-state index contributed by atoms with van der Waals surface area (Å²) in [6.07, 6.45) is 3.36. The van der Waals surface area contributed by atoms with Crippen LogP contribution in [0.2, 0.25) is 0 Å². The van der Waals surface area contributed by atoms with E-state index >= 15 is 0 Å². The van der Waals surface area contributed by atoms with E-state index in [2.05, 4.69) is 6.92 Å². The van der Waals surface area contributed by atoms with Crippen molar-refractivity contribution in [2.75, 3.05) is 26.4 Å². The van der Waals surface area contributed by atoms with Gasteiger partial charge in [0, 0.05) is 0 Å². The third kappa shape index (κ3) is 10.7. The van der Waals surface area contributed by atoms with Crippen molar-refractivity contribution in [2.24, 2.45) is 0 Å². The van der Waals surface area contributed by atoms with Gasteiger partial charge < -0.3 is 24.4 Å². The maximum atomic E-state index is 8.33. The van der Waals surface area contributed by atoms with E-state index < -0.39 is 6.29 Å². The molecule has 0 aromatic heterocycles. The molecule has 0 saturated carbocycles. The van der Waals surface area contributed by atoms with Crippen LogP contribution in [0.25, 0.3) is 0 Å². The minimum atomic E-state index is -1.10. The van der Waals surface area contributed by atoms with Gasteiger partial charge in [0.05, 0.1) is 26.4 Å². The van der Waals surface area contributed by atoms with Crippen LogP contribution in [0, 0.1) is 0 Å². The monoisotopic (exact) mass is 248 g/mol. The molecule has 0 aliphatic carbocycles. The highest BCUT2D eigenvalue weighted by Crippen LogP contribution is 2.12. The van der Waals surface area contributed by atoms with Crippen molar-refractivity contribution in [3.63, 3.8) is 0 Å². The number of hydrogen-bond donors (Lipinski definition) is 2. The SMILES string of the molecule is C(OCC1CO1)C1CO1.CCCCCC(O)O. The second kappa shape index (κ2) is 8.83. The van der Waals surface area contributed by atoms with Crippen LogP contribution < -0.4 is 0 Å². The second-order valence-electron chi connectivity index (χ2n) is 4.42. The average Bonchev–Trinajstić information content (AvgIpc) is 3.13. The van der Waals surface area contributed by atoms with Gasteiger partial charge in [-0.2, -0.15) is 0 Å². The van der Waals surface area contributed by atoms with Crippen LogP contribution in [0.1, 0.15) is 32.6 Å². The molecular formula is C12H24O5. The maximum Gasteiger partial charge on any atom is 0.151 e. The Morgan fingerprint density at radius 2 is 1.65 bits per heavy atom. The lowest BCUT2D eigenvalue weighted by Gasteiger charge is -1.99. The molecule has 2 saturated heterocycles. The number of rotatable bonds is 8. The first-order chi connectivity index (χ1) is 8.22. The number of aliphatic hydroxyl groups is 2. The third-order valence-electron chi connectivity index (χ3n) is 2.48. The number of aliphatic hydroxyl groups excluding tert-OH is 1. The molecule has 2 aliphatic heterocycles. The molecule has 2 unspecified atom stereocenters. The van der Waals surface area contributed by atoms with E-state index in [1.807, 2.05) is 0 Å². The van der Waals surface area contributed by atoms with Crippen LogP contribution >= 0.6 is 0 Å². The zero-order valence-corrected chi connectivity index (χ0v) is 10.5. The molecule has 0 amide bonds. The fourth-order valence-corrected chi connectivity index (χ4v) is 1.24. The van der Waals surface area contributed by atoms with Gasteiger partial charge in [-0.3, -0.25) is 0 Å². The quantitative estimate of drug-likeness (QED) is 0.375. The molecule has 0 spiro atoms. The summed E-state index contributed by atoms with van der Waals surface area (Å²) in [6.45, 7) is 5.35. The zero-order valence-electron chi connectivity index (χ0n) is 10.5. The summed E-state index contributed by atoms with van der Waals surface area (Å²) in [5.74, 6) is 0. The molecule has 0 bridgehead atoms. The molecule has 2 N–H and O–H groups in total. The molecule has 0 radical (unpaired) electrons. The molecule has 5 heteroatoms. The summed E-state index contributed by atoms with van der Waals surface area (Å²) in [5.41, 5.74) is 0. The molecule has 2 atom stereocenters. The summed E-state index contributed by atoms with van der Waals surface area (Å²) in [6, 6.07) is 0. The predicted molar refractivity (Wildman–Crippen MR) is 62.7 cm³/mol. The Kier molecular flexibility index (Phi) is 7.72. The van der Waals surface area contributed by atoms with Gasteiger partial charge in [0.25, 0.3) is 0 Å². The smallest absolute Gasteiger partial charge is 0.151 e. The van der Waals surface area contributed by atoms with Crippen molar-refractivity contribution in [3.8, 4) is 0 Å². The highest BCUT2D eigenvalue weighted by Gasteiger charge is 2.26. The number of epoxide rings is 2. The Hall–Kier alpha value is -0.200. The Labute approximate surface area is 103 Å². The van der Waals surface area contributed by atoms with E-state index in [0.29, 0.717) is 18.6 Å². The van der Waals surface area contributed by atoms with Crippen molar-refractivity contribution in [2.45, 2.75) is 51.1 Å². The van der Waals surface area contributed by atoms with Crippen LogP contribution in [-0.4, -0.2) is 55.1 Å². The molecule has 2 heterocycles. The van der Waals surface area contributed by atoms with Crippen molar-refractivity contribution >= 4 is 0 Å². The number of unbranched alkanes of at least 4 members (excludes halogenated alkanes) is 2. The van der Waals surface area contributed by atoms with E-state index in [9.17, 15) is 0 Å². The van der Waals surface area contributed by atoms with E-state index in [0.717, 1.165) is 45.7 Å². The van der Waals surface area contributed by atoms with Gasteiger partial charge in [-0.25, -0.2) is 0 Å². The largest absolute Gasteiger partial charge is 0.376 e. The van der Waals surface area contributed by atoms with Crippen molar-refractivity contribution in [3.05, 3.63) is 0 Å². The van der Waals surface area contributed by atoms with Crippen LogP contribution in [0.5, 0.6) is 0 Å². The van der Waals surface area contributed by atoms with Gasteiger partial charge in [0.2, 0.25) is 0 Å². The molecule has 17 heavy (non-hydrogen) atoms. The lowest BCUT2D eigenvalue weighted by Crippen LogP contribution is -2.06. The average molecular weight is 248 g/mol. The topological polar surface area (TPSA) is 74.8 Å². The van der Waals surface area contributed by atoms with E-state index in [1.165, 1.54) is 0 Å². The lowest BCUT2D eigenvalue weighted by molar-refractivity contribution is -0.0465. The Balaban J connectivity index is 0.000000172. The lowest BCUT2D eigenvalue weighted by atomic mass is 10.2. The first kappa shape index (κ1) is 14.9. The molecule has 0 aromatic carbocycles. The highest BCUT2D eigenvalue weighted by molar-refractivity contribution is 4.71. The minimum Gasteiger partial charge on any atom is -0.376 e. The molecule has 2 fully saturated rings. The van der Waals surface area contributed by atoms with Gasteiger partial charge in [-0.05, 0) is 12.8 Å². The normalized spacial score (nSPS) is 25.4. The van der Waals surface area contributed by atoms with Crippen molar-refractivity contribution in [1.82, 2.24) is 0 Å². The molecule has 5 nitrogen and oxygen atoms in total. The van der Waals surface area contributed by atoms with Gasteiger partial charge in [-0.15, -0.1) is 0 Å². The molecule has 0 aromatic rings. The van der Waals surface area contributed by atoms with Crippen LogP contribution in [0.4, 0.5) is 0 Å². The van der Waals surface area contributed by atoms with Gasteiger partial charge in [0.1, 0.15) is 12.2 Å². The van der Waals surface area contributed by atoms with Crippen LogP contribution in [0.15, 0.2) is 0 Å². The standard InChI is InChI=1S/C6H10O3.C6H14O2/c1(5-3-8-5)7-2-6-4-9-6;1-2-3-4-5-6(7)8/h5-6H,1-4H2;6-8H,2-5H2,1H3. The third-order valence-corrected chi connectivity index (χ3v) is 2.48. The highest BCUT2D eigenvalue weighted by atomic mass is 16.6. The van der Waals surface area contributed by atoms with E-state index in [4.69, 9.17) is 24.4 Å². The van der Waals surface area contributed by atoms with Gasteiger partial charge in [-0.1, -0.05) is 19.8 Å². The maximum absolute atomic E-state index is 8.33. The summed E-state index contributed by atoms with van der Waals surface area (Å²) >= 11 is 0. The molecule has 102 valence electrons. The summed E-state index contributed by atoms with van der Waals surface area (Å²) in [4.78, 5) is 0. The Morgan fingerprint density at radius 1 is 1.12 bits per heavy atom. The number of hydrogen-bond acceptors (Lipinski definition) is 5. The predicted octanol–water partition coefficient (Wildman–Crippen LogP) is 0.678. The van der Waals surface area contributed by atoms with Gasteiger partial charge in [0.15, 0.2) is 6.29 Å². The summed E-state index contributed by atoms with van der Waals surface area (Å²) in [5, 5.41) is 16.7. The summed E-state index contributed by atoms with van der Waals surface area (Å²) < 4.78 is 15.1. The van der Waals surface area contributed by atoms with Crippen LogP contribution in [-0.2, 0) is 14.2 Å². The molecular weight excluding hydrogens is 224 g/mol. The van der Waals surface area contributed by atoms with E-state index in [-0.39, 0.29) is 0 Å². The fourth-order valence-electron chi connectivity index (χ4n) is 1.24. The van der Waals surface area contributed by atoms with Gasteiger partial charge >= 0.3 is 0 Å². The zero-order chi connectivity index (χ0) is 12.5. The molecule has 2 aliphatic rings. The Morgan fingerprint density at radius 3 is 2.00 bits per heavy atom. The van der Waals surface area contributed by atoms with Crippen molar-refractivity contribution in [1.29, 1.82) is 0 Å². The second-order valence-corrected chi connectivity index (χ2v) is 4.42. The minimum absolute atomic E-state index is 0.392. The summed E-state index contributed by atoms with van der Waals surface area (Å²) in [7, 11) is 0. The van der Waals surface area contributed by atoms with Crippen LogP contribution in [0.3, 0.4) is 0 Å². The molecule has 2 rings (SSSR count). The number of ether oxygens (including phenoxy) is 3. The van der Waals surface area contributed by atoms with Crippen molar-refractivity contribution < 1.29 is 24.4 Å². The fraction of sp³-hybridized carbons (Fsp3) is 1.00. The Bertz CT molecular complexity index is 166. The first-order valence-electron chi connectivity index (χ1n) is 6.39. The first-order valence-corrected chi connectivity index (χ1v) is 6.39. The van der Waals surface area contributed by atoms with E-state index in [1.54, 1.807) is 0 Å².